The predicted molar refractivity (Wildman–Crippen MR) is 46.7 cm³/mol. The van der Waals surface area contributed by atoms with Crippen molar-refractivity contribution in [2.24, 2.45) is 0 Å². The van der Waals surface area contributed by atoms with Crippen LogP contribution in [-0.2, 0) is 6.61 Å². The number of aromatic amines is 1. The van der Waals surface area contributed by atoms with Crippen LogP contribution in [0.2, 0.25) is 0 Å². The van der Waals surface area contributed by atoms with Crippen LogP contribution in [0.1, 0.15) is 11.4 Å². The molecule has 0 aliphatic heterocycles. The van der Waals surface area contributed by atoms with Crippen LogP contribution in [0.25, 0.3) is 11.0 Å². The molecule has 4 nitrogen and oxygen atoms in total. The molecule has 1 aromatic heterocycles. The summed E-state index contributed by atoms with van der Waals surface area (Å²) in [5, 5.41) is 17.4. The summed E-state index contributed by atoms with van der Waals surface area (Å²) in [7, 11) is 0. The zero-order chi connectivity index (χ0) is 9.26. The lowest BCUT2D eigenvalue weighted by Crippen LogP contribution is -1.83. The Morgan fingerprint density at radius 2 is 2.38 bits per heavy atom. The van der Waals surface area contributed by atoms with Gasteiger partial charge in [-0.2, -0.15) is 5.26 Å². The number of H-pyrrole nitrogens is 1. The van der Waals surface area contributed by atoms with E-state index in [1.54, 1.807) is 18.2 Å². The molecule has 0 amide bonds. The van der Waals surface area contributed by atoms with Crippen molar-refractivity contribution in [2.75, 3.05) is 0 Å². The zero-order valence-corrected chi connectivity index (χ0v) is 6.78. The molecule has 0 saturated heterocycles. The van der Waals surface area contributed by atoms with Gasteiger partial charge in [-0.3, -0.25) is 0 Å². The van der Waals surface area contributed by atoms with Crippen molar-refractivity contribution >= 4 is 11.0 Å². The third kappa shape index (κ3) is 1.25. The number of fused-ring (bicyclic) bond motifs is 1. The van der Waals surface area contributed by atoms with E-state index < -0.39 is 0 Å². The highest BCUT2D eigenvalue weighted by atomic mass is 16.3. The number of nitrogens with zero attached hydrogens (tertiary/aromatic N) is 2. The largest absolute Gasteiger partial charge is 0.388 e. The maximum Gasteiger partial charge on any atom is 0.133 e. The van der Waals surface area contributed by atoms with Crippen molar-refractivity contribution in [1.82, 2.24) is 9.97 Å². The van der Waals surface area contributed by atoms with Gasteiger partial charge in [-0.05, 0) is 18.2 Å². The van der Waals surface area contributed by atoms with Crippen LogP contribution < -0.4 is 0 Å². The van der Waals surface area contributed by atoms with Crippen molar-refractivity contribution in [3.05, 3.63) is 29.6 Å². The summed E-state index contributed by atoms with van der Waals surface area (Å²) in [6, 6.07) is 7.20. The van der Waals surface area contributed by atoms with E-state index >= 15 is 0 Å². The Morgan fingerprint density at radius 1 is 1.54 bits per heavy atom. The summed E-state index contributed by atoms with van der Waals surface area (Å²) >= 11 is 0. The van der Waals surface area contributed by atoms with Gasteiger partial charge in [0.05, 0.1) is 22.7 Å². The number of benzene rings is 1. The number of rotatable bonds is 1. The molecule has 0 aliphatic carbocycles. The number of nitrogens with one attached hydrogen (secondary N) is 1. The molecule has 0 radical (unpaired) electrons. The molecule has 64 valence electrons. The monoisotopic (exact) mass is 173 g/mol. The van der Waals surface area contributed by atoms with Crippen LogP contribution in [0, 0.1) is 11.3 Å². The highest BCUT2D eigenvalue weighted by Crippen LogP contribution is 2.12. The molecule has 0 spiro atoms. The molecular formula is C9H7N3O. The fourth-order valence-electron chi connectivity index (χ4n) is 1.21. The number of aliphatic hydroxyl groups excluding tert-OH is 1. The van der Waals surface area contributed by atoms with Gasteiger partial charge in [0, 0.05) is 0 Å². The van der Waals surface area contributed by atoms with Gasteiger partial charge in [-0.1, -0.05) is 0 Å². The van der Waals surface area contributed by atoms with Crippen LogP contribution in [0.5, 0.6) is 0 Å². The highest BCUT2D eigenvalue weighted by Gasteiger charge is 2.01. The fourth-order valence-corrected chi connectivity index (χ4v) is 1.21. The van der Waals surface area contributed by atoms with Crippen LogP contribution in [0.4, 0.5) is 0 Å². The molecule has 0 unspecified atom stereocenters. The zero-order valence-electron chi connectivity index (χ0n) is 6.78. The van der Waals surface area contributed by atoms with Gasteiger partial charge < -0.3 is 10.1 Å². The first-order chi connectivity index (χ1) is 6.33. The van der Waals surface area contributed by atoms with Gasteiger partial charge >= 0.3 is 0 Å². The first-order valence-corrected chi connectivity index (χ1v) is 3.83. The van der Waals surface area contributed by atoms with E-state index in [0.29, 0.717) is 11.4 Å². The summed E-state index contributed by atoms with van der Waals surface area (Å²) < 4.78 is 0. The minimum atomic E-state index is -0.115. The number of hydrogen-bond donors (Lipinski definition) is 2. The molecule has 1 heterocycles. The second-order valence-electron chi connectivity index (χ2n) is 2.69. The molecule has 1 aromatic carbocycles. The van der Waals surface area contributed by atoms with Crippen LogP contribution in [0.3, 0.4) is 0 Å². The number of aliphatic hydroxyl groups is 1. The van der Waals surface area contributed by atoms with E-state index in [2.05, 4.69) is 9.97 Å². The SMILES string of the molecule is N#Cc1ccc2nc(CO)[nH]c2c1. The average Bonchev–Trinajstić information content (AvgIpc) is 2.58. The standard InChI is InChI=1S/C9H7N3O/c10-4-6-1-2-7-8(3-6)12-9(5-13)11-7/h1-3,13H,5H2,(H,11,12). The summed E-state index contributed by atoms with van der Waals surface area (Å²) in [6.07, 6.45) is 0. The van der Waals surface area contributed by atoms with Crippen molar-refractivity contribution in [3.63, 3.8) is 0 Å². The van der Waals surface area contributed by atoms with Gasteiger partial charge in [0.25, 0.3) is 0 Å². The molecule has 2 N–H and O–H groups in total. The maximum atomic E-state index is 8.81. The van der Waals surface area contributed by atoms with Gasteiger partial charge in [0.15, 0.2) is 0 Å². The van der Waals surface area contributed by atoms with Gasteiger partial charge in [-0.25, -0.2) is 4.98 Å². The summed E-state index contributed by atoms with van der Waals surface area (Å²) in [5.74, 6) is 0.519. The normalized spacial score (nSPS) is 10.2. The van der Waals surface area contributed by atoms with E-state index in [0.717, 1.165) is 11.0 Å². The number of nitriles is 1. The lowest BCUT2D eigenvalue weighted by molar-refractivity contribution is 0.273. The van der Waals surface area contributed by atoms with Crippen molar-refractivity contribution in [1.29, 1.82) is 5.26 Å². The smallest absolute Gasteiger partial charge is 0.133 e. The summed E-state index contributed by atoms with van der Waals surface area (Å²) in [5.41, 5.74) is 2.13. The second kappa shape index (κ2) is 2.88. The quantitative estimate of drug-likeness (QED) is 0.673. The maximum absolute atomic E-state index is 8.81. The molecule has 0 aliphatic rings. The van der Waals surface area contributed by atoms with E-state index in [1.807, 2.05) is 6.07 Å². The van der Waals surface area contributed by atoms with Crippen molar-refractivity contribution < 1.29 is 5.11 Å². The Bertz CT molecular complexity index is 481. The Balaban J connectivity index is 2.65. The lowest BCUT2D eigenvalue weighted by atomic mass is 10.2. The van der Waals surface area contributed by atoms with Crippen LogP contribution >= 0.6 is 0 Å². The first kappa shape index (κ1) is 7.77. The van der Waals surface area contributed by atoms with E-state index in [9.17, 15) is 0 Å². The summed E-state index contributed by atoms with van der Waals surface area (Å²) in [4.78, 5) is 7.00. The van der Waals surface area contributed by atoms with E-state index in [-0.39, 0.29) is 6.61 Å². The Morgan fingerprint density at radius 3 is 3.08 bits per heavy atom. The highest BCUT2D eigenvalue weighted by molar-refractivity contribution is 5.76. The minimum absolute atomic E-state index is 0.115. The lowest BCUT2D eigenvalue weighted by Gasteiger charge is -1.87. The summed E-state index contributed by atoms with van der Waals surface area (Å²) in [6.45, 7) is -0.115. The molecular weight excluding hydrogens is 166 g/mol. The molecule has 0 fully saturated rings. The molecule has 2 aromatic rings. The van der Waals surface area contributed by atoms with Crippen LogP contribution in [-0.4, -0.2) is 15.1 Å². The topological polar surface area (TPSA) is 72.7 Å². The van der Waals surface area contributed by atoms with E-state index in [1.165, 1.54) is 0 Å². The minimum Gasteiger partial charge on any atom is -0.388 e. The molecule has 0 atom stereocenters. The Hall–Kier alpha value is -1.86. The number of aromatic nitrogens is 2. The Kier molecular flexibility index (Phi) is 1.72. The first-order valence-electron chi connectivity index (χ1n) is 3.83. The van der Waals surface area contributed by atoms with Gasteiger partial charge in [0.1, 0.15) is 12.4 Å². The Labute approximate surface area is 74.5 Å². The van der Waals surface area contributed by atoms with Gasteiger partial charge in [0.2, 0.25) is 0 Å². The van der Waals surface area contributed by atoms with E-state index in [4.69, 9.17) is 10.4 Å². The predicted octanol–water partition coefficient (Wildman–Crippen LogP) is 0.927. The molecule has 13 heavy (non-hydrogen) atoms. The fraction of sp³-hybridized carbons (Fsp3) is 0.111. The third-order valence-corrected chi connectivity index (χ3v) is 1.81. The van der Waals surface area contributed by atoms with Crippen molar-refractivity contribution in [2.45, 2.75) is 6.61 Å². The van der Waals surface area contributed by atoms with Gasteiger partial charge in [-0.15, -0.1) is 0 Å². The average molecular weight is 173 g/mol. The van der Waals surface area contributed by atoms with Crippen molar-refractivity contribution in [3.8, 4) is 6.07 Å². The molecule has 0 bridgehead atoms. The third-order valence-electron chi connectivity index (χ3n) is 1.81. The second-order valence-corrected chi connectivity index (χ2v) is 2.69. The number of imidazole rings is 1. The molecule has 0 saturated carbocycles. The number of hydrogen-bond acceptors (Lipinski definition) is 3. The molecule has 2 rings (SSSR count). The molecule has 4 heteroatoms. The van der Waals surface area contributed by atoms with Crippen LogP contribution in [0.15, 0.2) is 18.2 Å².